The van der Waals surface area contributed by atoms with Crippen molar-refractivity contribution in [2.75, 3.05) is 18.0 Å². The summed E-state index contributed by atoms with van der Waals surface area (Å²) in [6, 6.07) is 11.6. The number of aromatic amines is 1. The Bertz CT molecular complexity index is 758. The van der Waals surface area contributed by atoms with Crippen molar-refractivity contribution < 1.29 is 9.13 Å². The van der Waals surface area contributed by atoms with Gasteiger partial charge in [-0.15, -0.1) is 0 Å². The first-order valence-corrected chi connectivity index (χ1v) is 7.64. The van der Waals surface area contributed by atoms with Crippen molar-refractivity contribution in [3.05, 3.63) is 54.6 Å². The third kappa shape index (κ3) is 2.90. The van der Waals surface area contributed by atoms with E-state index in [1.54, 1.807) is 12.4 Å². The lowest BCUT2D eigenvalue weighted by molar-refractivity contribution is 0.0115. The van der Waals surface area contributed by atoms with Gasteiger partial charge in [-0.2, -0.15) is 0 Å². The van der Waals surface area contributed by atoms with Gasteiger partial charge in [0.15, 0.2) is 0 Å². The SMILES string of the molecule is F[C@@H]1CN(c2ccncc2)C[C@@H]1OCc1nc2ccccc2[nH]1. The molecule has 118 valence electrons. The molecular weight excluding hydrogens is 295 g/mol. The van der Waals surface area contributed by atoms with Crippen LogP contribution >= 0.6 is 0 Å². The summed E-state index contributed by atoms with van der Waals surface area (Å²) in [6.07, 6.45) is 1.97. The number of imidazole rings is 1. The number of anilines is 1. The summed E-state index contributed by atoms with van der Waals surface area (Å²) < 4.78 is 20.0. The summed E-state index contributed by atoms with van der Waals surface area (Å²) >= 11 is 0. The van der Waals surface area contributed by atoms with E-state index in [0.717, 1.165) is 22.5 Å². The molecule has 0 saturated carbocycles. The minimum absolute atomic E-state index is 0.282. The molecule has 1 saturated heterocycles. The number of pyridine rings is 1. The number of para-hydroxylation sites is 2. The molecule has 5 nitrogen and oxygen atoms in total. The molecule has 0 aliphatic carbocycles. The smallest absolute Gasteiger partial charge is 0.145 e. The van der Waals surface area contributed by atoms with Gasteiger partial charge in [0.2, 0.25) is 0 Å². The highest BCUT2D eigenvalue weighted by molar-refractivity contribution is 5.74. The Balaban J connectivity index is 1.41. The summed E-state index contributed by atoms with van der Waals surface area (Å²) in [4.78, 5) is 13.6. The first-order chi connectivity index (χ1) is 11.3. The lowest BCUT2D eigenvalue weighted by atomic mass is 10.3. The van der Waals surface area contributed by atoms with Crippen molar-refractivity contribution in [3.8, 4) is 0 Å². The standard InChI is InChI=1S/C17H17FN4O/c18-13-9-22(12-5-7-19-8-6-12)10-16(13)23-11-17-20-14-3-1-2-4-15(14)21-17/h1-8,13,16H,9-11H2,(H,20,21)/t13-,16+/m1/s1. The molecule has 3 heterocycles. The van der Waals surface area contributed by atoms with Crippen molar-refractivity contribution in [1.29, 1.82) is 0 Å². The lowest BCUT2D eigenvalue weighted by Gasteiger charge is -2.17. The van der Waals surface area contributed by atoms with E-state index in [2.05, 4.69) is 15.0 Å². The molecule has 1 aliphatic heterocycles. The number of fused-ring (bicyclic) bond motifs is 1. The average Bonchev–Trinajstić information content (AvgIpc) is 3.16. The summed E-state index contributed by atoms with van der Waals surface area (Å²) in [5, 5.41) is 0. The maximum absolute atomic E-state index is 14.2. The van der Waals surface area contributed by atoms with E-state index in [-0.39, 0.29) is 6.61 Å². The Kier molecular flexibility index (Phi) is 3.67. The second-order valence-corrected chi connectivity index (χ2v) is 5.68. The van der Waals surface area contributed by atoms with Gasteiger partial charge >= 0.3 is 0 Å². The topological polar surface area (TPSA) is 54.0 Å². The molecule has 4 rings (SSSR count). The monoisotopic (exact) mass is 312 g/mol. The van der Waals surface area contributed by atoms with Crippen molar-refractivity contribution in [1.82, 2.24) is 15.0 Å². The van der Waals surface area contributed by atoms with Crippen LogP contribution in [0, 0.1) is 0 Å². The molecule has 0 spiro atoms. The minimum Gasteiger partial charge on any atom is -0.366 e. The Labute approximate surface area is 133 Å². The second kappa shape index (κ2) is 5.96. The molecule has 0 unspecified atom stereocenters. The van der Waals surface area contributed by atoms with E-state index in [1.807, 2.05) is 41.3 Å². The highest BCUT2D eigenvalue weighted by Crippen LogP contribution is 2.24. The summed E-state index contributed by atoms with van der Waals surface area (Å²) in [6.45, 7) is 1.16. The number of hydrogen-bond donors (Lipinski definition) is 1. The van der Waals surface area contributed by atoms with Crippen molar-refractivity contribution in [3.63, 3.8) is 0 Å². The zero-order valence-electron chi connectivity index (χ0n) is 12.5. The molecule has 1 aromatic carbocycles. The van der Waals surface area contributed by atoms with E-state index in [0.29, 0.717) is 13.1 Å². The van der Waals surface area contributed by atoms with Crippen LogP contribution in [0.3, 0.4) is 0 Å². The van der Waals surface area contributed by atoms with Crippen LogP contribution in [0.5, 0.6) is 0 Å². The molecule has 2 aromatic heterocycles. The number of rotatable bonds is 4. The zero-order chi connectivity index (χ0) is 15.6. The van der Waals surface area contributed by atoms with Crippen LogP contribution in [0.2, 0.25) is 0 Å². The molecule has 1 N–H and O–H groups in total. The van der Waals surface area contributed by atoms with Crippen LogP contribution in [0.15, 0.2) is 48.8 Å². The molecule has 2 atom stereocenters. The van der Waals surface area contributed by atoms with E-state index >= 15 is 0 Å². The molecule has 0 amide bonds. The molecule has 6 heteroatoms. The summed E-state index contributed by atoms with van der Waals surface area (Å²) in [5.41, 5.74) is 2.83. The van der Waals surface area contributed by atoms with Gasteiger partial charge in [0.25, 0.3) is 0 Å². The van der Waals surface area contributed by atoms with Gasteiger partial charge in [-0.3, -0.25) is 4.98 Å². The van der Waals surface area contributed by atoms with Crippen molar-refractivity contribution in [2.45, 2.75) is 18.9 Å². The lowest BCUT2D eigenvalue weighted by Crippen LogP contribution is -2.24. The van der Waals surface area contributed by atoms with Gasteiger partial charge in [0.05, 0.1) is 17.6 Å². The number of nitrogens with one attached hydrogen (secondary N) is 1. The number of hydrogen-bond acceptors (Lipinski definition) is 4. The average molecular weight is 312 g/mol. The first-order valence-electron chi connectivity index (χ1n) is 7.64. The number of halogens is 1. The highest BCUT2D eigenvalue weighted by atomic mass is 19.1. The van der Waals surface area contributed by atoms with E-state index < -0.39 is 12.3 Å². The van der Waals surface area contributed by atoms with Crippen LogP contribution < -0.4 is 4.90 Å². The molecule has 3 aromatic rings. The second-order valence-electron chi connectivity index (χ2n) is 5.68. The molecule has 1 aliphatic rings. The molecule has 23 heavy (non-hydrogen) atoms. The molecular formula is C17H17FN4O. The van der Waals surface area contributed by atoms with Crippen LogP contribution in [-0.4, -0.2) is 40.3 Å². The Morgan fingerprint density at radius 1 is 1.17 bits per heavy atom. The van der Waals surface area contributed by atoms with Gasteiger partial charge in [-0.05, 0) is 24.3 Å². The fourth-order valence-corrected chi connectivity index (χ4v) is 2.92. The number of ether oxygens (including phenoxy) is 1. The largest absolute Gasteiger partial charge is 0.366 e. The van der Waals surface area contributed by atoms with Crippen molar-refractivity contribution in [2.24, 2.45) is 0 Å². The minimum atomic E-state index is -1.01. The molecule has 0 radical (unpaired) electrons. The summed E-state index contributed by atoms with van der Waals surface area (Å²) in [7, 11) is 0. The van der Waals surface area contributed by atoms with Crippen LogP contribution in [-0.2, 0) is 11.3 Å². The fraction of sp³-hybridized carbons (Fsp3) is 0.294. The number of nitrogens with zero attached hydrogens (tertiary/aromatic N) is 3. The maximum Gasteiger partial charge on any atom is 0.145 e. The number of alkyl halides is 1. The van der Waals surface area contributed by atoms with Gasteiger partial charge in [-0.25, -0.2) is 9.37 Å². The third-order valence-electron chi connectivity index (χ3n) is 4.10. The van der Waals surface area contributed by atoms with Crippen LogP contribution in [0.4, 0.5) is 10.1 Å². The highest BCUT2D eigenvalue weighted by Gasteiger charge is 2.34. The number of aromatic nitrogens is 3. The number of H-pyrrole nitrogens is 1. The van der Waals surface area contributed by atoms with Gasteiger partial charge in [-0.1, -0.05) is 12.1 Å². The van der Waals surface area contributed by atoms with Gasteiger partial charge < -0.3 is 14.6 Å². The number of benzene rings is 1. The Hall–Kier alpha value is -2.47. The normalized spacial score (nSPS) is 21.2. The van der Waals surface area contributed by atoms with Crippen molar-refractivity contribution >= 4 is 16.7 Å². The predicted molar refractivity (Wildman–Crippen MR) is 86.0 cm³/mol. The first kappa shape index (κ1) is 14.1. The van der Waals surface area contributed by atoms with E-state index in [4.69, 9.17) is 4.74 Å². The zero-order valence-corrected chi connectivity index (χ0v) is 12.5. The van der Waals surface area contributed by atoms with Crippen LogP contribution in [0.25, 0.3) is 11.0 Å². The predicted octanol–water partition coefficient (Wildman–Crippen LogP) is 2.70. The molecule has 1 fully saturated rings. The van der Waals surface area contributed by atoms with Gasteiger partial charge in [0.1, 0.15) is 24.7 Å². The maximum atomic E-state index is 14.2. The Morgan fingerprint density at radius 3 is 2.83 bits per heavy atom. The fourth-order valence-electron chi connectivity index (χ4n) is 2.92. The molecule has 0 bridgehead atoms. The van der Waals surface area contributed by atoms with Crippen LogP contribution in [0.1, 0.15) is 5.82 Å². The van der Waals surface area contributed by atoms with E-state index in [1.165, 1.54) is 0 Å². The summed E-state index contributed by atoms with van der Waals surface area (Å²) in [5.74, 6) is 0.723. The van der Waals surface area contributed by atoms with Gasteiger partial charge in [0, 0.05) is 24.6 Å². The Morgan fingerprint density at radius 2 is 2.00 bits per heavy atom. The van der Waals surface area contributed by atoms with E-state index in [9.17, 15) is 4.39 Å². The quantitative estimate of drug-likeness (QED) is 0.805. The third-order valence-corrected chi connectivity index (χ3v) is 4.10.